The number of amides is 1. The van der Waals surface area contributed by atoms with Crippen LogP contribution in [0.1, 0.15) is 38.5 Å². The third kappa shape index (κ3) is 2.88. The summed E-state index contributed by atoms with van der Waals surface area (Å²) in [4.78, 5) is 15.8. The molecule has 2 nitrogen and oxygen atoms in total. The first kappa shape index (κ1) is 14.0. The van der Waals surface area contributed by atoms with Crippen molar-refractivity contribution in [1.29, 1.82) is 0 Å². The van der Waals surface area contributed by atoms with Gasteiger partial charge in [0.15, 0.2) is 0 Å². The minimum absolute atomic E-state index is 0.322. The highest BCUT2D eigenvalue weighted by molar-refractivity contribution is 8.00. The molecule has 0 aromatic heterocycles. The number of benzene rings is 1. The zero-order valence-electron chi connectivity index (χ0n) is 12.1. The van der Waals surface area contributed by atoms with E-state index in [0.29, 0.717) is 23.1 Å². The van der Waals surface area contributed by atoms with E-state index in [1.54, 1.807) is 0 Å². The summed E-state index contributed by atoms with van der Waals surface area (Å²) in [5, 5.41) is 0.562. The second-order valence-electron chi connectivity index (χ2n) is 6.04. The SMILES string of the molecule is CN(C(=O)C1CCC1)[C@@H]1CCC[C@H]1Sc1ccccc1. The Morgan fingerprint density at radius 3 is 2.45 bits per heavy atom. The highest BCUT2D eigenvalue weighted by atomic mass is 32.2. The second-order valence-corrected chi connectivity index (χ2v) is 7.36. The van der Waals surface area contributed by atoms with Crippen LogP contribution < -0.4 is 0 Å². The smallest absolute Gasteiger partial charge is 0.225 e. The predicted molar refractivity (Wildman–Crippen MR) is 83.8 cm³/mol. The molecule has 0 aliphatic heterocycles. The Labute approximate surface area is 125 Å². The van der Waals surface area contributed by atoms with Gasteiger partial charge >= 0.3 is 0 Å². The number of thioether (sulfide) groups is 1. The van der Waals surface area contributed by atoms with Gasteiger partial charge in [0, 0.05) is 29.2 Å². The maximum atomic E-state index is 12.4. The summed E-state index contributed by atoms with van der Waals surface area (Å²) in [6, 6.07) is 11.0. The minimum atomic E-state index is 0.322. The molecular formula is C17H23NOS. The molecule has 2 saturated carbocycles. The average Bonchev–Trinajstić information content (AvgIpc) is 2.85. The molecule has 3 heteroatoms. The van der Waals surface area contributed by atoms with Gasteiger partial charge in [-0.2, -0.15) is 0 Å². The van der Waals surface area contributed by atoms with Gasteiger partial charge in [-0.15, -0.1) is 11.8 Å². The summed E-state index contributed by atoms with van der Waals surface area (Å²) in [5.41, 5.74) is 0. The number of hydrogen-bond acceptors (Lipinski definition) is 2. The number of nitrogens with zero attached hydrogens (tertiary/aromatic N) is 1. The standard InChI is InChI=1S/C17H23NOS/c1-18(17(19)13-7-5-8-13)15-11-6-12-16(15)20-14-9-3-2-4-10-14/h2-4,9-10,13,15-16H,5-8,11-12H2,1H3/t15-,16-/m1/s1. The molecule has 0 N–H and O–H groups in total. The van der Waals surface area contributed by atoms with Gasteiger partial charge in [0.2, 0.25) is 5.91 Å². The monoisotopic (exact) mass is 289 g/mol. The highest BCUT2D eigenvalue weighted by Gasteiger charge is 2.37. The zero-order valence-corrected chi connectivity index (χ0v) is 12.9. The van der Waals surface area contributed by atoms with E-state index < -0.39 is 0 Å². The molecule has 2 atom stereocenters. The molecule has 1 amide bonds. The van der Waals surface area contributed by atoms with Crippen LogP contribution in [0, 0.1) is 5.92 Å². The fourth-order valence-corrected chi connectivity index (χ4v) is 4.69. The number of rotatable bonds is 4. The molecule has 2 aliphatic rings. The number of carbonyl (C=O) groups excluding carboxylic acids is 1. The van der Waals surface area contributed by atoms with E-state index >= 15 is 0 Å². The maximum absolute atomic E-state index is 12.4. The van der Waals surface area contributed by atoms with Crippen molar-refractivity contribution in [2.45, 2.75) is 54.7 Å². The van der Waals surface area contributed by atoms with Crippen molar-refractivity contribution in [3.8, 4) is 0 Å². The molecule has 0 bridgehead atoms. The van der Waals surface area contributed by atoms with Gasteiger partial charge < -0.3 is 4.90 Å². The van der Waals surface area contributed by atoms with E-state index in [4.69, 9.17) is 0 Å². The van der Waals surface area contributed by atoms with Crippen molar-refractivity contribution in [2.75, 3.05) is 7.05 Å². The third-order valence-corrected chi connectivity index (χ3v) is 6.14. The Bertz CT molecular complexity index is 457. The fourth-order valence-electron chi connectivity index (χ4n) is 3.27. The summed E-state index contributed by atoms with van der Waals surface area (Å²) >= 11 is 1.95. The van der Waals surface area contributed by atoms with Crippen LogP contribution in [0.25, 0.3) is 0 Å². The highest BCUT2D eigenvalue weighted by Crippen LogP contribution is 2.38. The van der Waals surface area contributed by atoms with Crippen LogP contribution in [-0.4, -0.2) is 29.1 Å². The molecule has 0 heterocycles. The molecule has 0 unspecified atom stereocenters. The lowest BCUT2D eigenvalue weighted by atomic mass is 9.84. The molecule has 3 rings (SSSR count). The van der Waals surface area contributed by atoms with Crippen molar-refractivity contribution in [3.63, 3.8) is 0 Å². The van der Waals surface area contributed by atoms with Gasteiger partial charge in [-0.1, -0.05) is 31.0 Å². The van der Waals surface area contributed by atoms with Gasteiger partial charge in [-0.25, -0.2) is 0 Å². The summed E-state index contributed by atoms with van der Waals surface area (Å²) in [6.07, 6.45) is 7.08. The van der Waals surface area contributed by atoms with E-state index in [1.165, 1.54) is 30.6 Å². The Hall–Kier alpha value is -0.960. The lowest BCUT2D eigenvalue weighted by Crippen LogP contribution is -2.45. The molecule has 0 saturated heterocycles. The Kier molecular flexibility index (Phi) is 4.35. The molecule has 0 radical (unpaired) electrons. The minimum Gasteiger partial charge on any atom is -0.341 e. The molecule has 1 aromatic carbocycles. The Morgan fingerprint density at radius 2 is 1.80 bits per heavy atom. The topological polar surface area (TPSA) is 20.3 Å². The van der Waals surface area contributed by atoms with Crippen LogP contribution >= 0.6 is 11.8 Å². The zero-order chi connectivity index (χ0) is 13.9. The van der Waals surface area contributed by atoms with Crippen LogP contribution in [0.3, 0.4) is 0 Å². The third-order valence-electron chi connectivity index (χ3n) is 4.75. The molecule has 2 aliphatic carbocycles. The van der Waals surface area contributed by atoms with E-state index in [2.05, 4.69) is 35.2 Å². The molecule has 108 valence electrons. The Morgan fingerprint density at radius 1 is 1.10 bits per heavy atom. The summed E-state index contributed by atoms with van der Waals surface area (Å²) in [5.74, 6) is 0.713. The second kappa shape index (κ2) is 6.21. The summed E-state index contributed by atoms with van der Waals surface area (Å²) in [6.45, 7) is 0. The quantitative estimate of drug-likeness (QED) is 0.836. The van der Waals surface area contributed by atoms with E-state index in [1.807, 2.05) is 18.8 Å². The van der Waals surface area contributed by atoms with Crippen molar-refractivity contribution >= 4 is 17.7 Å². The maximum Gasteiger partial charge on any atom is 0.225 e. The molecule has 2 fully saturated rings. The van der Waals surface area contributed by atoms with Gasteiger partial charge in [0.1, 0.15) is 0 Å². The van der Waals surface area contributed by atoms with Crippen molar-refractivity contribution in [1.82, 2.24) is 4.90 Å². The number of hydrogen-bond donors (Lipinski definition) is 0. The van der Waals surface area contributed by atoms with Gasteiger partial charge in [-0.05, 0) is 37.8 Å². The van der Waals surface area contributed by atoms with E-state index in [-0.39, 0.29) is 0 Å². The lowest BCUT2D eigenvalue weighted by Gasteiger charge is -2.35. The first-order valence-electron chi connectivity index (χ1n) is 7.74. The number of carbonyl (C=O) groups is 1. The van der Waals surface area contributed by atoms with Crippen LogP contribution in [-0.2, 0) is 4.79 Å². The first-order valence-corrected chi connectivity index (χ1v) is 8.62. The van der Waals surface area contributed by atoms with Crippen LogP contribution in [0.15, 0.2) is 35.2 Å². The normalized spacial score (nSPS) is 26.2. The van der Waals surface area contributed by atoms with Crippen LogP contribution in [0.4, 0.5) is 0 Å². The Balaban J connectivity index is 1.64. The fraction of sp³-hybridized carbons (Fsp3) is 0.588. The van der Waals surface area contributed by atoms with Gasteiger partial charge in [-0.3, -0.25) is 4.79 Å². The molecule has 1 aromatic rings. The van der Waals surface area contributed by atoms with Crippen LogP contribution in [0.5, 0.6) is 0 Å². The van der Waals surface area contributed by atoms with Crippen LogP contribution in [0.2, 0.25) is 0 Å². The molecule has 20 heavy (non-hydrogen) atoms. The average molecular weight is 289 g/mol. The first-order chi connectivity index (χ1) is 9.75. The van der Waals surface area contributed by atoms with Gasteiger partial charge in [0.25, 0.3) is 0 Å². The van der Waals surface area contributed by atoms with Crippen molar-refractivity contribution in [2.24, 2.45) is 5.92 Å². The largest absolute Gasteiger partial charge is 0.341 e. The molecule has 0 spiro atoms. The van der Waals surface area contributed by atoms with E-state index in [9.17, 15) is 4.79 Å². The summed E-state index contributed by atoms with van der Waals surface area (Å²) in [7, 11) is 2.02. The molecular weight excluding hydrogens is 266 g/mol. The van der Waals surface area contributed by atoms with E-state index in [0.717, 1.165) is 12.8 Å². The lowest BCUT2D eigenvalue weighted by molar-refractivity contribution is -0.138. The predicted octanol–water partition coefficient (Wildman–Crippen LogP) is 3.96. The van der Waals surface area contributed by atoms with Crippen molar-refractivity contribution < 1.29 is 4.79 Å². The summed E-state index contributed by atoms with van der Waals surface area (Å²) < 4.78 is 0. The van der Waals surface area contributed by atoms with Crippen molar-refractivity contribution in [3.05, 3.63) is 30.3 Å². The van der Waals surface area contributed by atoms with Gasteiger partial charge in [0.05, 0.1) is 0 Å².